The van der Waals surface area contributed by atoms with E-state index in [0.29, 0.717) is 5.92 Å². The van der Waals surface area contributed by atoms with Crippen molar-refractivity contribution in [2.24, 2.45) is 0 Å². The van der Waals surface area contributed by atoms with E-state index in [0.717, 1.165) is 0 Å². The monoisotopic (exact) mass is 221 g/mol. The van der Waals surface area contributed by atoms with Crippen molar-refractivity contribution in [1.29, 1.82) is 0 Å². The van der Waals surface area contributed by atoms with Crippen LogP contribution < -0.4 is 0 Å². The van der Waals surface area contributed by atoms with E-state index in [2.05, 4.69) is 61.9 Å². The van der Waals surface area contributed by atoms with Crippen LogP contribution >= 0.6 is 0 Å². The summed E-state index contributed by atoms with van der Waals surface area (Å²) in [5, 5.41) is 0. The molecule has 1 aliphatic carbocycles. The van der Waals surface area contributed by atoms with Crippen LogP contribution in [-0.4, -0.2) is 0 Å². The zero-order chi connectivity index (χ0) is 11.7. The summed E-state index contributed by atoms with van der Waals surface area (Å²) in [4.78, 5) is 0. The third-order valence-electron chi connectivity index (χ3n) is 3.57. The van der Waals surface area contributed by atoms with Crippen LogP contribution in [0.5, 0.6) is 0 Å². The van der Waals surface area contributed by atoms with Gasteiger partial charge >= 0.3 is 0 Å². The van der Waals surface area contributed by atoms with Crippen LogP contribution in [-0.2, 0) is 0 Å². The molecule has 17 heavy (non-hydrogen) atoms. The Bertz CT molecular complexity index is 480. The minimum Gasteiger partial charge on any atom is -0.0654 e. The van der Waals surface area contributed by atoms with Crippen LogP contribution in [0.25, 0.3) is 11.1 Å². The molecule has 2 aromatic rings. The Kier molecular flexibility index (Phi) is 2.72. The highest BCUT2D eigenvalue weighted by atomic mass is 14.3. The maximum absolute atomic E-state index is 2.46. The predicted octanol–water partition coefficient (Wildman–Crippen LogP) is 4.80. The number of fused-ring (bicyclic) bond motifs is 3. The summed E-state index contributed by atoms with van der Waals surface area (Å²) in [5.74, 6) is 0.502. The molecule has 0 saturated carbocycles. The van der Waals surface area contributed by atoms with Gasteiger partial charge in [0.15, 0.2) is 0 Å². The Morgan fingerprint density at radius 2 is 1.41 bits per heavy atom. The first-order chi connectivity index (χ1) is 8.42. The van der Waals surface area contributed by atoms with Crippen LogP contribution in [0.3, 0.4) is 0 Å². The molecule has 0 amide bonds. The van der Waals surface area contributed by atoms with Crippen LogP contribution in [0.15, 0.2) is 48.5 Å². The van der Waals surface area contributed by atoms with Crippen LogP contribution in [0, 0.1) is 6.42 Å². The molecule has 0 nitrogen and oxygen atoms in total. The lowest BCUT2D eigenvalue weighted by molar-refractivity contribution is 0.813. The van der Waals surface area contributed by atoms with Crippen molar-refractivity contribution in [3.05, 3.63) is 66.1 Å². The van der Waals surface area contributed by atoms with Crippen LogP contribution in [0.2, 0.25) is 0 Å². The van der Waals surface area contributed by atoms with Gasteiger partial charge in [-0.2, -0.15) is 0 Å². The largest absolute Gasteiger partial charge is 0.0654 e. The average Bonchev–Trinajstić information content (AvgIpc) is 2.71. The first-order valence-electron chi connectivity index (χ1n) is 6.43. The van der Waals surface area contributed by atoms with Gasteiger partial charge in [0.05, 0.1) is 0 Å². The standard InChI is InChI=1S/C17H17/c1-2-3-8-13-14-9-4-6-11-16(14)17-12-7-5-10-15(13)17/h4-13H,2-3H2,1H3. The van der Waals surface area contributed by atoms with Crippen LogP contribution in [0.4, 0.5) is 0 Å². The highest BCUT2D eigenvalue weighted by Crippen LogP contribution is 2.46. The molecule has 0 saturated heterocycles. The van der Waals surface area contributed by atoms with Gasteiger partial charge in [-0.1, -0.05) is 61.9 Å². The van der Waals surface area contributed by atoms with E-state index in [-0.39, 0.29) is 0 Å². The SMILES string of the molecule is CCC[CH]C1c2ccccc2-c2ccccc21. The summed E-state index contributed by atoms with van der Waals surface area (Å²) in [6.07, 6.45) is 4.87. The van der Waals surface area contributed by atoms with Crippen molar-refractivity contribution in [2.75, 3.05) is 0 Å². The molecule has 2 aromatic carbocycles. The van der Waals surface area contributed by atoms with E-state index in [1.165, 1.54) is 35.1 Å². The Morgan fingerprint density at radius 1 is 0.882 bits per heavy atom. The summed E-state index contributed by atoms with van der Waals surface area (Å²) >= 11 is 0. The fourth-order valence-electron chi connectivity index (χ4n) is 2.78. The molecule has 0 aromatic heterocycles. The quantitative estimate of drug-likeness (QED) is 0.698. The van der Waals surface area contributed by atoms with Gasteiger partial charge in [-0.3, -0.25) is 0 Å². The lowest BCUT2D eigenvalue weighted by atomic mass is 9.92. The molecule has 0 heteroatoms. The van der Waals surface area contributed by atoms with E-state index in [4.69, 9.17) is 0 Å². The van der Waals surface area contributed by atoms with Crippen molar-refractivity contribution < 1.29 is 0 Å². The minimum atomic E-state index is 0.502. The van der Waals surface area contributed by atoms with E-state index < -0.39 is 0 Å². The van der Waals surface area contributed by atoms with Crippen molar-refractivity contribution in [1.82, 2.24) is 0 Å². The van der Waals surface area contributed by atoms with Crippen molar-refractivity contribution in [3.8, 4) is 11.1 Å². The van der Waals surface area contributed by atoms with Crippen molar-refractivity contribution in [2.45, 2.75) is 25.7 Å². The van der Waals surface area contributed by atoms with Crippen molar-refractivity contribution in [3.63, 3.8) is 0 Å². The third kappa shape index (κ3) is 1.68. The van der Waals surface area contributed by atoms with Gasteiger partial charge in [-0.05, 0) is 35.1 Å². The fourth-order valence-corrected chi connectivity index (χ4v) is 2.78. The van der Waals surface area contributed by atoms with E-state index >= 15 is 0 Å². The van der Waals surface area contributed by atoms with Gasteiger partial charge in [-0.15, -0.1) is 0 Å². The fraction of sp³-hybridized carbons (Fsp3) is 0.235. The van der Waals surface area contributed by atoms with E-state index in [9.17, 15) is 0 Å². The van der Waals surface area contributed by atoms with E-state index in [1.807, 2.05) is 0 Å². The molecule has 0 heterocycles. The molecule has 0 aliphatic heterocycles. The maximum Gasteiger partial charge on any atom is 0.0133 e. The molecule has 0 bridgehead atoms. The molecule has 1 aliphatic rings. The number of benzene rings is 2. The number of rotatable bonds is 3. The highest BCUT2D eigenvalue weighted by Gasteiger charge is 2.27. The minimum absolute atomic E-state index is 0.502. The summed E-state index contributed by atoms with van der Waals surface area (Å²) in [7, 11) is 0. The molecule has 85 valence electrons. The molecule has 0 spiro atoms. The first-order valence-corrected chi connectivity index (χ1v) is 6.43. The molecule has 3 rings (SSSR count). The third-order valence-corrected chi connectivity index (χ3v) is 3.57. The normalized spacial score (nSPS) is 13.5. The molecular weight excluding hydrogens is 204 g/mol. The second kappa shape index (κ2) is 4.37. The predicted molar refractivity (Wildman–Crippen MR) is 72.9 cm³/mol. The molecule has 0 fully saturated rings. The molecular formula is C17H17. The van der Waals surface area contributed by atoms with Gasteiger partial charge in [-0.25, -0.2) is 0 Å². The lowest BCUT2D eigenvalue weighted by Crippen LogP contribution is -1.97. The Balaban J connectivity index is 2.10. The summed E-state index contributed by atoms with van der Waals surface area (Å²) in [5.41, 5.74) is 5.78. The number of unbranched alkanes of at least 4 members (excludes halogenated alkanes) is 1. The van der Waals surface area contributed by atoms with Crippen molar-refractivity contribution >= 4 is 0 Å². The number of hydrogen-bond donors (Lipinski definition) is 0. The van der Waals surface area contributed by atoms with Crippen LogP contribution in [0.1, 0.15) is 36.8 Å². The Hall–Kier alpha value is -1.56. The maximum atomic E-state index is 2.46. The van der Waals surface area contributed by atoms with Gasteiger partial charge in [0.25, 0.3) is 0 Å². The second-order valence-corrected chi connectivity index (χ2v) is 4.68. The Labute approximate surface area is 103 Å². The zero-order valence-electron chi connectivity index (χ0n) is 10.2. The topological polar surface area (TPSA) is 0 Å². The van der Waals surface area contributed by atoms with E-state index in [1.54, 1.807) is 0 Å². The molecule has 1 radical (unpaired) electrons. The second-order valence-electron chi connectivity index (χ2n) is 4.68. The average molecular weight is 221 g/mol. The summed E-state index contributed by atoms with van der Waals surface area (Å²) in [6.45, 7) is 2.24. The first kappa shape index (κ1) is 10.6. The van der Waals surface area contributed by atoms with Gasteiger partial charge < -0.3 is 0 Å². The summed E-state index contributed by atoms with van der Waals surface area (Å²) in [6, 6.07) is 17.6. The highest BCUT2D eigenvalue weighted by molar-refractivity contribution is 5.79. The smallest absolute Gasteiger partial charge is 0.0133 e. The lowest BCUT2D eigenvalue weighted by Gasteiger charge is -2.12. The van der Waals surface area contributed by atoms with Gasteiger partial charge in [0.1, 0.15) is 0 Å². The summed E-state index contributed by atoms with van der Waals surface area (Å²) < 4.78 is 0. The van der Waals surface area contributed by atoms with Gasteiger partial charge in [0.2, 0.25) is 0 Å². The van der Waals surface area contributed by atoms with Gasteiger partial charge in [0, 0.05) is 5.92 Å². The molecule has 0 unspecified atom stereocenters. The molecule has 0 atom stereocenters. The molecule has 0 N–H and O–H groups in total. The Morgan fingerprint density at radius 3 is 1.94 bits per heavy atom. The number of hydrogen-bond acceptors (Lipinski definition) is 0. The zero-order valence-corrected chi connectivity index (χ0v) is 10.2.